The second kappa shape index (κ2) is 23.2. The molecule has 0 bridgehead atoms. The molecule has 4 aromatic carbocycles. The Morgan fingerprint density at radius 1 is 0.538 bits per heavy atom. The van der Waals surface area contributed by atoms with Gasteiger partial charge in [0, 0.05) is 16.7 Å². The van der Waals surface area contributed by atoms with Gasteiger partial charge in [0.25, 0.3) is 0 Å². The molecule has 1 heterocycles. The van der Waals surface area contributed by atoms with E-state index in [0.29, 0.717) is 0 Å². The molecule has 0 aromatic heterocycles. The number of hydrogen-bond acceptors (Lipinski definition) is 2. The first-order valence-electron chi connectivity index (χ1n) is 19.2. The summed E-state index contributed by atoms with van der Waals surface area (Å²) < 4.78 is 12.1. The van der Waals surface area contributed by atoms with Gasteiger partial charge in [-0.2, -0.15) is 0 Å². The molecule has 0 radical (unpaired) electrons. The van der Waals surface area contributed by atoms with Gasteiger partial charge in [-0.3, -0.25) is 0 Å². The Morgan fingerprint density at radius 3 is 1.48 bits per heavy atom. The number of rotatable bonds is 19. The summed E-state index contributed by atoms with van der Waals surface area (Å²) in [7, 11) is 0. The summed E-state index contributed by atoms with van der Waals surface area (Å²) in [6, 6.07) is 36.6. The molecule has 4 aromatic rings. The van der Waals surface area contributed by atoms with Gasteiger partial charge in [-0.25, -0.2) is 4.70 Å². The normalized spacial score (nSPS) is 12.3. The Labute approximate surface area is 320 Å². The Hall–Kier alpha value is -4.39. The number of para-hydroxylation sites is 2. The van der Waals surface area contributed by atoms with Crippen molar-refractivity contribution < 1.29 is 27.5 Å². The first-order valence-corrected chi connectivity index (χ1v) is 20.0. The second-order valence-corrected chi connectivity index (χ2v) is 13.7. The Bertz CT molecular complexity index is 1730. The number of aryl methyl sites for hydroxylation is 2. The minimum atomic E-state index is 0.777. The molecule has 0 N–H and O–H groups in total. The van der Waals surface area contributed by atoms with Gasteiger partial charge in [-0.1, -0.05) is 95.9 Å². The van der Waals surface area contributed by atoms with E-state index in [0.717, 1.165) is 80.4 Å². The van der Waals surface area contributed by atoms with Crippen molar-refractivity contribution in [3.63, 3.8) is 0 Å². The van der Waals surface area contributed by atoms with E-state index in [1.54, 1.807) is 0 Å². The number of allylic oxidation sites excluding steroid dienone is 2. The fourth-order valence-electron chi connectivity index (χ4n) is 6.18. The summed E-state index contributed by atoms with van der Waals surface area (Å²) in [6.45, 7) is 8.61. The molecule has 0 amide bonds. The van der Waals surface area contributed by atoms with Crippen LogP contribution >= 0.6 is 0 Å². The number of unbranched alkanes of at least 4 members (excludes halogenated alkanes) is 7. The van der Waals surface area contributed by atoms with Crippen LogP contribution in [0.15, 0.2) is 120 Å². The third kappa shape index (κ3) is 12.7. The predicted molar refractivity (Wildman–Crippen MR) is 213 cm³/mol. The summed E-state index contributed by atoms with van der Waals surface area (Å²) in [4.78, 5) is 0. The van der Waals surface area contributed by atoms with Gasteiger partial charge in [0.05, 0.1) is 0 Å². The van der Waals surface area contributed by atoms with Crippen LogP contribution in [0.4, 0.5) is 0 Å². The summed E-state index contributed by atoms with van der Waals surface area (Å²) >= 11 is 0.777. The molecule has 1 aliphatic rings. The van der Waals surface area contributed by atoms with Crippen LogP contribution < -0.4 is 7.76 Å². The molecule has 0 spiro atoms. The molecule has 0 atom stereocenters. The molecule has 1 aliphatic heterocycles. The molecular weight excluding hydrogens is 683 g/mol. The zero-order chi connectivity index (χ0) is 36.8. The van der Waals surface area contributed by atoms with Crippen LogP contribution in [0.2, 0.25) is 0 Å². The van der Waals surface area contributed by atoms with E-state index in [9.17, 15) is 5.53 Å². The fraction of sp³-hybridized carbons (Fsp3) is 0.362. The minimum absolute atomic E-state index is 0.777. The fourth-order valence-corrected chi connectivity index (χ4v) is 6.68. The Morgan fingerprint density at radius 2 is 1.00 bits per heavy atom. The van der Waals surface area contributed by atoms with E-state index in [4.69, 9.17) is 7.76 Å². The maximum absolute atomic E-state index is 11.7. The number of nitrogens with zero attached hydrogens (tertiary/aromatic N) is 2. The van der Waals surface area contributed by atoms with Crippen LogP contribution in [0.3, 0.4) is 0 Å². The van der Waals surface area contributed by atoms with Crippen LogP contribution in [0, 0.1) is 11.8 Å². The molecule has 0 saturated carbocycles. The van der Waals surface area contributed by atoms with Crippen LogP contribution in [0.5, 0.6) is 11.5 Å². The van der Waals surface area contributed by atoms with Crippen molar-refractivity contribution in [2.45, 2.75) is 111 Å². The van der Waals surface area contributed by atoms with E-state index < -0.39 is 0 Å². The van der Waals surface area contributed by atoms with Crippen molar-refractivity contribution >= 4 is 11.4 Å². The third-order valence-corrected chi connectivity index (χ3v) is 9.69. The first kappa shape index (κ1) is 40.4. The van der Waals surface area contributed by atoms with Gasteiger partial charge in [0.15, 0.2) is 0 Å². The number of hydrogen-bond donors (Lipinski definition) is 0. The van der Waals surface area contributed by atoms with Gasteiger partial charge in [0.2, 0.25) is 11.4 Å². The molecule has 0 aliphatic carbocycles. The standard InChI is InChI=1S/C35H46N2.2C6H6O.Ni/c1-5-9-12-13-14-15-19-33-32(16-8-4)34(30-24-20-28(21-25-30)17-10-6-2)37(36)35(33)31-26-22-29(23-27-31)18-11-7-3;2*7-6-4-2-1-3-5-6;/h20-27H,5-7,9-15,17-19H2,1-4H3;2*1-5,7H;/q;;;+2/p-2. The summed E-state index contributed by atoms with van der Waals surface area (Å²) in [5.74, 6) is 8.11. The van der Waals surface area contributed by atoms with Gasteiger partial charge in [0.1, 0.15) is 5.57 Å². The second-order valence-electron chi connectivity index (χ2n) is 13.2. The Kier molecular flexibility index (Phi) is 18.0. The SMILES string of the molecule is CC#CC1=C(c2ccc(CCCC)cc2)[N+](=[N-])C(c2ccc(CCCC)cc2)=C1CCCCCCCC.c1ccc([O][Ni][O]c2ccccc2)cc1. The number of benzene rings is 4. The zero-order valence-corrected chi connectivity index (χ0v) is 32.6. The maximum atomic E-state index is 11.7. The van der Waals surface area contributed by atoms with Gasteiger partial charge in [-0.05, 0) is 80.8 Å². The van der Waals surface area contributed by atoms with E-state index in [-0.39, 0.29) is 0 Å². The third-order valence-electron chi connectivity index (χ3n) is 9.06. The summed E-state index contributed by atoms with van der Waals surface area (Å²) in [6.07, 6.45) is 15.4. The van der Waals surface area contributed by atoms with Crippen molar-refractivity contribution in [3.05, 3.63) is 148 Å². The molecule has 0 unspecified atom stereocenters. The van der Waals surface area contributed by atoms with Gasteiger partial charge >= 0.3 is 95.0 Å². The van der Waals surface area contributed by atoms with Gasteiger partial charge in [-0.15, -0.1) is 5.92 Å². The van der Waals surface area contributed by atoms with Crippen LogP contribution in [-0.4, -0.2) is 4.70 Å². The molecule has 5 rings (SSSR count). The molecule has 276 valence electrons. The Balaban J connectivity index is 0.000000334. The van der Waals surface area contributed by atoms with Crippen molar-refractivity contribution in [2.75, 3.05) is 0 Å². The predicted octanol–water partition coefficient (Wildman–Crippen LogP) is 13.4. The van der Waals surface area contributed by atoms with E-state index in [2.05, 4.69) is 81.1 Å². The average Bonchev–Trinajstić information content (AvgIpc) is 3.46. The van der Waals surface area contributed by atoms with Crippen molar-refractivity contribution in [2.24, 2.45) is 0 Å². The van der Waals surface area contributed by atoms with Crippen LogP contribution in [0.1, 0.15) is 121 Å². The van der Waals surface area contributed by atoms with E-state index in [1.807, 2.05) is 67.6 Å². The molecule has 52 heavy (non-hydrogen) atoms. The van der Waals surface area contributed by atoms with E-state index >= 15 is 0 Å². The van der Waals surface area contributed by atoms with Crippen molar-refractivity contribution in [1.29, 1.82) is 0 Å². The van der Waals surface area contributed by atoms with Gasteiger partial charge < -0.3 is 5.53 Å². The topological polar surface area (TPSA) is 43.8 Å². The zero-order valence-electron chi connectivity index (χ0n) is 31.6. The van der Waals surface area contributed by atoms with E-state index in [1.165, 1.54) is 79.2 Å². The van der Waals surface area contributed by atoms with Crippen LogP contribution in [0.25, 0.3) is 16.9 Å². The summed E-state index contributed by atoms with van der Waals surface area (Å²) in [5, 5.41) is 0. The first-order chi connectivity index (χ1) is 25.6. The molecule has 5 heteroatoms. The van der Waals surface area contributed by atoms with Crippen molar-refractivity contribution in [1.82, 2.24) is 0 Å². The van der Waals surface area contributed by atoms with Crippen LogP contribution in [-0.2, 0) is 27.9 Å². The summed E-state index contributed by atoms with van der Waals surface area (Å²) in [5.41, 5.74) is 20.3. The molecule has 4 nitrogen and oxygen atoms in total. The quantitative estimate of drug-likeness (QED) is 0.0416. The monoisotopic (exact) mass is 738 g/mol. The molecule has 0 fully saturated rings. The molecular formula is C47H56N2NiO2. The van der Waals surface area contributed by atoms with Crippen molar-refractivity contribution in [3.8, 4) is 23.3 Å². The average molecular weight is 740 g/mol. The molecule has 0 saturated heterocycles.